The molecular weight excluding hydrogens is 336 g/mol. The van der Waals surface area contributed by atoms with Crippen LogP contribution in [0.2, 0.25) is 0 Å². The van der Waals surface area contributed by atoms with Crippen molar-refractivity contribution in [2.24, 2.45) is 0 Å². The summed E-state index contributed by atoms with van der Waals surface area (Å²) in [6, 6.07) is 9.94. The van der Waals surface area contributed by atoms with E-state index in [1.165, 1.54) is 4.80 Å². The number of ether oxygens (including phenoxy) is 1. The van der Waals surface area contributed by atoms with Gasteiger partial charge in [-0.3, -0.25) is 9.78 Å². The Morgan fingerprint density at radius 1 is 1.12 bits per heavy atom. The van der Waals surface area contributed by atoms with E-state index >= 15 is 0 Å². The van der Waals surface area contributed by atoms with E-state index in [-0.39, 0.29) is 12.5 Å². The lowest BCUT2D eigenvalue weighted by Gasteiger charge is -2.06. The number of benzene rings is 1. The minimum absolute atomic E-state index is 0.0856. The molecule has 3 rings (SSSR count). The molecule has 3 aromatic rings. The van der Waals surface area contributed by atoms with E-state index in [1.807, 2.05) is 0 Å². The van der Waals surface area contributed by atoms with Crippen LogP contribution in [-0.4, -0.2) is 43.7 Å². The standard InChI is InChI=1S/C17H16N6O3/c1-2-26-17(25)13-3-5-14(6-4-13)19-15(24)11-23-21-16(20-22-23)12-7-9-18-10-8-12/h3-10H,2,11H2,1H3,(H,19,24). The number of esters is 1. The Bertz CT molecular complexity index is 892. The Balaban J connectivity index is 1.59. The van der Waals surface area contributed by atoms with Crippen molar-refractivity contribution in [2.45, 2.75) is 13.5 Å². The van der Waals surface area contributed by atoms with Gasteiger partial charge >= 0.3 is 5.97 Å². The van der Waals surface area contributed by atoms with Crippen molar-refractivity contribution in [1.29, 1.82) is 0 Å². The molecule has 0 atom stereocenters. The van der Waals surface area contributed by atoms with E-state index in [2.05, 4.69) is 25.7 Å². The highest BCUT2D eigenvalue weighted by Gasteiger charge is 2.10. The summed E-state index contributed by atoms with van der Waals surface area (Å²) in [4.78, 5) is 28.8. The lowest BCUT2D eigenvalue weighted by Crippen LogP contribution is -2.20. The average Bonchev–Trinajstić information content (AvgIpc) is 3.11. The van der Waals surface area contributed by atoms with Gasteiger partial charge in [-0.2, -0.15) is 4.80 Å². The zero-order chi connectivity index (χ0) is 18.4. The van der Waals surface area contributed by atoms with Gasteiger partial charge in [0.25, 0.3) is 0 Å². The quantitative estimate of drug-likeness (QED) is 0.670. The number of anilines is 1. The zero-order valence-corrected chi connectivity index (χ0v) is 14.0. The molecule has 0 aliphatic heterocycles. The van der Waals surface area contributed by atoms with Crippen molar-refractivity contribution in [3.8, 4) is 11.4 Å². The number of carbonyl (C=O) groups excluding carboxylic acids is 2. The van der Waals surface area contributed by atoms with Gasteiger partial charge in [0.1, 0.15) is 6.54 Å². The summed E-state index contributed by atoms with van der Waals surface area (Å²) >= 11 is 0. The summed E-state index contributed by atoms with van der Waals surface area (Å²) in [5, 5.41) is 14.7. The third-order valence-electron chi connectivity index (χ3n) is 3.36. The summed E-state index contributed by atoms with van der Waals surface area (Å²) < 4.78 is 4.91. The highest BCUT2D eigenvalue weighted by molar-refractivity contribution is 5.92. The largest absolute Gasteiger partial charge is 0.462 e. The van der Waals surface area contributed by atoms with E-state index in [0.717, 1.165) is 5.56 Å². The van der Waals surface area contributed by atoms with E-state index in [0.29, 0.717) is 23.7 Å². The lowest BCUT2D eigenvalue weighted by molar-refractivity contribution is -0.117. The molecule has 0 unspecified atom stereocenters. The first-order chi connectivity index (χ1) is 12.7. The second kappa shape index (κ2) is 7.97. The van der Waals surface area contributed by atoms with Gasteiger partial charge in [0, 0.05) is 23.6 Å². The van der Waals surface area contributed by atoms with Crippen LogP contribution in [0.25, 0.3) is 11.4 Å². The summed E-state index contributed by atoms with van der Waals surface area (Å²) in [6.07, 6.45) is 3.26. The van der Waals surface area contributed by atoms with Crippen LogP contribution in [0.15, 0.2) is 48.8 Å². The van der Waals surface area contributed by atoms with Gasteiger partial charge in [-0.15, -0.1) is 10.2 Å². The minimum atomic E-state index is -0.402. The third kappa shape index (κ3) is 4.26. The summed E-state index contributed by atoms with van der Waals surface area (Å²) in [5.41, 5.74) is 1.74. The SMILES string of the molecule is CCOC(=O)c1ccc(NC(=O)Cn2nnc(-c3ccncc3)n2)cc1. The Hall–Kier alpha value is -3.62. The van der Waals surface area contributed by atoms with Crippen molar-refractivity contribution >= 4 is 17.6 Å². The zero-order valence-electron chi connectivity index (χ0n) is 14.0. The van der Waals surface area contributed by atoms with E-state index in [4.69, 9.17) is 4.74 Å². The molecule has 9 nitrogen and oxygen atoms in total. The Kier molecular flexibility index (Phi) is 5.28. The molecule has 26 heavy (non-hydrogen) atoms. The molecule has 1 aromatic carbocycles. The number of hydrogen-bond acceptors (Lipinski definition) is 7. The van der Waals surface area contributed by atoms with Crippen molar-refractivity contribution in [1.82, 2.24) is 25.2 Å². The molecule has 2 heterocycles. The van der Waals surface area contributed by atoms with Crippen molar-refractivity contribution < 1.29 is 14.3 Å². The number of hydrogen-bond donors (Lipinski definition) is 1. The first kappa shape index (κ1) is 17.2. The number of rotatable bonds is 6. The molecule has 0 aliphatic rings. The minimum Gasteiger partial charge on any atom is -0.462 e. The van der Waals surface area contributed by atoms with E-state index < -0.39 is 5.97 Å². The van der Waals surface area contributed by atoms with Crippen LogP contribution in [0.3, 0.4) is 0 Å². The Morgan fingerprint density at radius 3 is 2.54 bits per heavy atom. The van der Waals surface area contributed by atoms with Gasteiger partial charge in [-0.25, -0.2) is 4.79 Å². The van der Waals surface area contributed by atoms with Gasteiger partial charge in [-0.1, -0.05) is 0 Å². The van der Waals surface area contributed by atoms with Crippen LogP contribution in [-0.2, 0) is 16.1 Å². The van der Waals surface area contributed by atoms with Crippen LogP contribution >= 0.6 is 0 Å². The fraction of sp³-hybridized carbons (Fsp3) is 0.176. The normalized spacial score (nSPS) is 10.3. The number of pyridine rings is 1. The van der Waals surface area contributed by atoms with Gasteiger partial charge in [-0.05, 0) is 48.5 Å². The average molecular weight is 352 g/mol. The molecule has 0 bridgehead atoms. The van der Waals surface area contributed by atoms with Gasteiger partial charge in [0.15, 0.2) is 0 Å². The highest BCUT2D eigenvalue weighted by atomic mass is 16.5. The van der Waals surface area contributed by atoms with E-state index in [9.17, 15) is 9.59 Å². The van der Waals surface area contributed by atoms with Crippen LogP contribution in [0, 0.1) is 0 Å². The van der Waals surface area contributed by atoms with Crippen molar-refractivity contribution in [3.63, 3.8) is 0 Å². The molecule has 0 fully saturated rings. The monoisotopic (exact) mass is 352 g/mol. The maximum absolute atomic E-state index is 12.1. The maximum atomic E-state index is 12.1. The number of tetrazole rings is 1. The third-order valence-corrected chi connectivity index (χ3v) is 3.36. The fourth-order valence-electron chi connectivity index (χ4n) is 2.16. The second-order valence-corrected chi connectivity index (χ2v) is 5.23. The molecule has 0 saturated heterocycles. The summed E-state index contributed by atoms with van der Waals surface area (Å²) in [7, 11) is 0. The fourth-order valence-corrected chi connectivity index (χ4v) is 2.16. The van der Waals surface area contributed by atoms with Gasteiger partial charge in [0.2, 0.25) is 11.7 Å². The molecular formula is C17H16N6O3. The smallest absolute Gasteiger partial charge is 0.338 e. The topological polar surface area (TPSA) is 112 Å². The summed E-state index contributed by atoms with van der Waals surface area (Å²) in [6.45, 7) is 1.96. The first-order valence-electron chi connectivity index (χ1n) is 7.91. The molecule has 0 saturated carbocycles. The number of amides is 1. The highest BCUT2D eigenvalue weighted by Crippen LogP contribution is 2.12. The molecule has 0 aliphatic carbocycles. The van der Waals surface area contributed by atoms with Crippen LogP contribution in [0.1, 0.15) is 17.3 Å². The van der Waals surface area contributed by atoms with Crippen molar-refractivity contribution in [2.75, 3.05) is 11.9 Å². The molecule has 0 radical (unpaired) electrons. The predicted octanol–water partition coefficient (Wildman–Crippen LogP) is 1.55. The number of nitrogens with zero attached hydrogens (tertiary/aromatic N) is 5. The van der Waals surface area contributed by atoms with Gasteiger partial charge in [0.05, 0.1) is 12.2 Å². The molecule has 2 aromatic heterocycles. The van der Waals surface area contributed by atoms with Crippen LogP contribution in [0.4, 0.5) is 5.69 Å². The molecule has 0 spiro atoms. The molecule has 1 amide bonds. The first-order valence-corrected chi connectivity index (χ1v) is 7.91. The summed E-state index contributed by atoms with van der Waals surface area (Å²) in [5.74, 6) is -0.299. The number of nitrogens with one attached hydrogen (secondary N) is 1. The Labute approximate surface area is 149 Å². The Morgan fingerprint density at radius 2 is 1.85 bits per heavy atom. The molecule has 1 N–H and O–H groups in total. The van der Waals surface area contributed by atoms with Crippen molar-refractivity contribution in [3.05, 3.63) is 54.4 Å². The lowest BCUT2D eigenvalue weighted by atomic mass is 10.2. The second-order valence-electron chi connectivity index (χ2n) is 5.23. The van der Waals surface area contributed by atoms with Gasteiger partial charge < -0.3 is 10.1 Å². The van der Waals surface area contributed by atoms with Crippen LogP contribution in [0.5, 0.6) is 0 Å². The maximum Gasteiger partial charge on any atom is 0.338 e. The van der Waals surface area contributed by atoms with Crippen LogP contribution < -0.4 is 5.32 Å². The molecule has 9 heteroatoms. The molecule has 132 valence electrons. The predicted molar refractivity (Wildman–Crippen MR) is 92.1 cm³/mol. The van der Waals surface area contributed by atoms with E-state index in [1.54, 1.807) is 55.7 Å². The number of carbonyl (C=O) groups is 2. The number of aromatic nitrogens is 5.